The van der Waals surface area contributed by atoms with Crippen molar-refractivity contribution in [3.05, 3.63) is 34.9 Å². The summed E-state index contributed by atoms with van der Waals surface area (Å²) in [6.07, 6.45) is 3.54. The van der Waals surface area contributed by atoms with Crippen LogP contribution >= 0.6 is 0 Å². The molecule has 1 nitrogen and oxygen atoms in total. The highest BCUT2D eigenvalue weighted by Gasteiger charge is 2.11. The van der Waals surface area contributed by atoms with Gasteiger partial charge in [0, 0.05) is 12.8 Å². The number of Topliss-reactive ketones (excluding diaryl/α,β-unsaturated/α-hetero) is 1. The van der Waals surface area contributed by atoms with Crippen LogP contribution in [0.5, 0.6) is 0 Å². The van der Waals surface area contributed by atoms with Gasteiger partial charge in [-0.2, -0.15) is 0 Å². The summed E-state index contributed by atoms with van der Waals surface area (Å²) in [5.74, 6) is 0.941. The Bertz CT molecular complexity index is 375. The maximum Gasteiger partial charge on any atom is 0.137 e. The predicted octanol–water partition coefficient (Wildman–Crippen LogP) is 4.24. The van der Waals surface area contributed by atoms with Crippen molar-refractivity contribution in [1.29, 1.82) is 0 Å². The molecule has 17 heavy (non-hydrogen) atoms. The smallest absolute Gasteiger partial charge is 0.137 e. The number of rotatable bonds is 6. The molecule has 0 N–H and O–H groups in total. The Morgan fingerprint density at radius 2 is 1.76 bits per heavy atom. The van der Waals surface area contributed by atoms with Gasteiger partial charge in [0.1, 0.15) is 5.78 Å². The molecule has 0 unspecified atom stereocenters. The van der Waals surface area contributed by atoms with Gasteiger partial charge in [-0.15, -0.1) is 0 Å². The molecule has 0 heterocycles. The van der Waals surface area contributed by atoms with Crippen LogP contribution in [0, 0.1) is 19.8 Å². The molecule has 0 aliphatic heterocycles. The van der Waals surface area contributed by atoms with E-state index in [4.69, 9.17) is 0 Å². The lowest BCUT2D eigenvalue weighted by molar-refractivity contribution is -0.119. The van der Waals surface area contributed by atoms with Crippen LogP contribution in [0.3, 0.4) is 0 Å². The topological polar surface area (TPSA) is 17.1 Å². The van der Waals surface area contributed by atoms with E-state index in [1.54, 1.807) is 0 Å². The maximum atomic E-state index is 11.9. The molecule has 1 aromatic rings. The van der Waals surface area contributed by atoms with Crippen molar-refractivity contribution < 1.29 is 4.79 Å². The molecule has 0 fully saturated rings. The molecule has 0 saturated carbocycles. The Morgan fingerprint density at radius 1 is 1.12 bits per heavy atom. The van der Waals surface area contributed by atoms with Crippen molar-refractivity contribution >= 4 is 5.78 Å². The summed E-state index contributed by atoms with van der Waals surface area (Å²) in [6, 6.07) is 6.32. The first-order valence-corrected chi connectivity index (χ1v) is 6.64. The number of carbonyl (C=O) groups is 1. The van der Waals surface area contributed by atoms with Crippen molar-refractivity contribution in [2.45, 2.75) is 53.4 Å². The van der Waals surface area contributed by atoms with E-state index >= 15 is 0 Å². The van der Waals surface area contributed by atoms with Gasteiger partial charge in [0.2, 0.25) is 0 Å². The third kappa shape index (κ3) is 4.33. The third-order valence-electron chi connectivity index (χ3n) is 3.64. The fourth-order valence-corrected chi connectivity index (χ4v) is 2.11. The van der Waals surface area contributed by atoms with Gasteiger partial charge in [0.25, 0.3) is 0 Å². The average Bonchev–Trinajstić information content (AvgIpc) is 2.31. The van der Waals surface area contributed by atoms with Crippen LogP contribution in [0.4, 0.5) is 0 Å². The van der Waals surface area contributed by atoms with Crippen LogP contribution in [-0.2, 0) is 11.2 Å². The van der Waals surface area contributed by atoms with Crippen molar-refractivity contribution in [3.63, 3.8) is 0 Å². The average molecular weight is 232 g/mol. The van der Waals surface area contributed by atoms with Gasteiger partial charge in [-0.1, -0.05) is 44.9 Å². The molecule has 0 aliphatic carbocycles. The highest BCUT2D eigenvalue weighted by molar-refractivity contribution is 5.81. The molecule has 0 saturated heterocycles. The molecule has 1 aromatic carbocycles. The summed E-state index contributed by atoms with van der Waals surface area (Å²) >= 11 is 0. The largest absolute Gasteiger partial charge is 0.299 e. The lowest BCUT2D eigenvalue weighted by atomic mass is 9.93. The van der Waals surface area contributed by atoms with E-state index in [1.807, 2.05) is 0 Å². The van der Waals surface area contributed by atoms with Crippen molar-refractivity contribution in [3.8, 4) is 0 Å². The lowest BCUT2D eigenvalue weighted by Gasteiger charge is -2.11. The SMILES string of the molecule is CCC(CC)CC(=O)Cc1ccc(C)c(C)c1. The Balaban J connectivity index is 2.58. The van der Waals surface area contributed by atoms with Crippen molar-refractivity contribution in [2.75, 3.05) is 0 Å². The first-order valence-electron chi connectivity index (χ1n) is 6.64. The van der Waals surface area contributed by atoms with Crippen LogP contribution < -0.4 is 0 Å². The van der Waals surface area contributed by atoms with Gasteiger partial charge in [0.15, 0.2) is 0 Å². The zero-order valence-electron chi connectivity index (χ0n) is 11.5. The second-order valence-corrected chi connectivity index (χ2v) is 5.02. The molecule has 94 valence electrons. The van der Waals surface area contributed by atoms with Gasteiger partial charge in [-0.05, 0) is 36.5 Å². The van der Waals surface area contributed by atoms with E-state index in [0.29, 0.717) is 18.1 Å². The summed E-state index contributed by atoms with van der Waals surface area (Å²) in [6.45, 7) is 8.53. The number of hydrogen-bond donors (Lipinski definition) is 0. The highest BCUT2D eigenvalue weighted by Crippen LogP contribution is 2.16. The quantitative estimate of drug-likeness (QED) is 0.717. The summed E-state index contributed by atoms with van der Waals surface area (Å²) < 4.78 is 0. The van der Waals surface area contributed by atoms with E-state index in [1.165, 1.54) is 11.1 Å². The summed E-state index contributed by atoms with van der Waals surface area (Å²) in [5, 5.41) is 0. The van der Waals surface area contributed by atoms with E-state index in [-0.39, 0.29) is 0 Å². The Morgan fingerprint density at radius 3 is 2.29 bits per heavy atom. The molecule has 0 radical (unpaired) electrons. The standard InChI is InChI=1S/C16H24O/c1-5-14(6-2)10-16(17)11-15-8-7-12(3)13(4)9-15/h7-9,14H,5-6,10-11H2,1-4H3. The summed E-state index contributed by atoms with van der Waals surface area (Å²) in [4.78, 5) is 11.9. The first kappa shape index (κ1) is 14.0. The molecule has 1 heteroatoms. The van der Waals surface area contributed by atoms with Crippen LogP contribution in [0.1, 0.15) is 49.8 Å². The van der Waals surface area contributed by atoms with Gasteiger partial charge in [-0.25, -0.2) is 0 Å². The normalized spacial score (nSPS) is 10.9. The van der Waals surface area contributed by atoms with E-state index < -0.39 is 0 Å². The molecule has 0 bridgehead atoms. The minimum Gasteiger partial charge on any atom is -0.299 e. The maximum absolute atomic E-state index is 11.9. The fourth-order valence-electron chi connectivity index (χ4n) is 2.11. The summed E-state index contributed by atoms with van der Waals surface area (Å²) in [5.41, 5.74) is 3.73. The number of ketones is 1. The predicted molar refractivity (Wildman–Crippen MR) is 73.3 cm³/mol. The number of aryl methyl sites for hydroxylation is 2. The van der Waals surface area contributed by atoms with Crippen LogP contribution in [0.25, 0.3) is 0 Å². The van der Waals surface area contributed by atoms with Crippen molar-refractivity contribution in [2.24, 2.45) is 5.92 Å². The number of benzene rings is 1. The molecule has 0 amide bonds. The van der Waals surface area contributed by atoms with E-state index in [9.17, 15) is 4.79 Å². The van der Waals surface area contributed by atoms with Gasteiger partial charge in [-0.3, -0.25) is 4.79 Å². The van der Waals surface area contributed by atoms with E-state index in [0.717, 1.165) is 24.8 Å². The molecule has 0 atom stereocenters. The monoisotopic (exact) mass is 232 g/mol. The van der Waals surface area contributed by atoms with Crippen LogP contribution in [0.2, 0.25) is 0 Å². The first-order chi connectivity index (χ1) is 8.06. The van der Waals surface area contributed by atoms with Gasteiger partial charge >= 0.3 is 0 Å². The second-order valence-electron chi connectivity index (χ2n) is 5.02. The Labute approximate surface area is 105 Å². The third-order valence-corrected chi connectivity index (χ3v) is 3.64. The minimum absolute atomic E-state index is 0.377. The van der Waals surface area contributed by atoms with Crippen LogP contribution in [0.15, 0.2) is 18.2 Å². The molecule has 1 rings (SSSR count). The Kier molecular flexibility index (Phi) is 5.40. The molecule has 0 aliphatic rings. The van der Waals surface area contributed by atoms with Crippen LogP contribution in [-0.4, -0.2) is 5.78 Å². The summed E-state index contributed by atoms with van der Waals surface area (Å²) in [7, 11) is 0. The molecule has 0 spiro atoms. The fraction of sp³-hybridized carbons (Fsp3) is 0.562. The zero-order valence-corrected chi connectivity index (χ0v) is 11.5. The number of carbonyl (C=O) groups excluding carboxylic acids is 1. The highest BCUT2D eigenvalue weighted by atomic mass is 16.1. The minimum atomic E-state index is 0.377. The Hall–Kier alpha value is -1.11. The zero-order chi connectivity index (χ0) is 12.8. The molecular weight excluding hydrogens is 208 g/mol. The number of hydrogen-bond acceptors (Lipinski definition) is 1. The molecular formula is C16H24O. The van der Waals surface area contributed by atoms with Crippen molar-refractivity contribution in [1.82, 2.24) is 0 Å². The van der Waals surface area contributed by atoms with E-state index in [2.05, 4.69) is 45.9 Å². The lowest BCUT2D eigenvalue weighted by Crippen LogP contribution is -2.09. The molecule has 0 aromatic heterocycles. The van der Waals surface area contributed by atoms with Gasteiger partial charge < -0.3 is 0 Å². The van der Waals surface area contributed by atoms with Gasteiger partial charge in [0.05, 0.1) is 0 Å². The second kappa shape index (κ2) is 6.58.